The molecule has 0 aliphatic carbocycles. The van der Waals surface area contributed by atoms with Crippen LogP contribution in [0.1, 0.15) is 31.9 Å². The van der Waals surface area contributed by atoms with Gasteiger partial charge < -0.3 is 10.6 Å². The van der Waals surface area contributed by atoms with Gasteiger partial charge in [0, 0.05) is 19.1 Å². The Kier molecular flexibility index (Phi) is 4.92. The van der Waals surface area contributed by atoms with Gasteiger partial charge in [0.25, 0.3) is 0 Å². The quantitative estimate of drug-likeness (QED) is 0.853. The zero-order valence-corrected chi connectivity index (χ0v) is 10.3. The molecule has 0 bridgehead atoms. The van der Waals surface area contributed by atoms with Crippen LogP contribution in [0.4, 0.5) is 10.1 Å². The first-order valence-corrected chi connectivity index (χ1v) is 5.77. The smallest absolute Gasteiger partial charge is 0.146 e. The molecule has 92 valence electrons. The molecule has 17 heavy (non-hydrogen) atoms. The Balaban J connectivity index is 3.12. The maximum absolute atomic E-state index is 13.9. The monoisotopic (exact) mass is 235 g/mol. The number of nitrogens with zero attached hydrogens (tertiary/aromatic N) is 2. The second kappa shape index (κ2) is 6.21. The summed E-state index contributed by atoms with van der Waals surface area (Å²) in [7, 11) is 0. The van der Waals surface area contributed by atoms with Gasteiger partial charge in [-0.3, -0.25) is 0 Å². The van der Waals surface area contributed by atoms with Gasteiger partial charge in [-0.15, -0.1) is 0 Å². The van der Waals surface area contributed by atoms with E-state index < -0.39 is 0 Å². The van der Waals surface area contributed by atoms with Crippen LogP contribution in [0, 0.1) is 17.1 Å². The molecule has 3 nitrogen and oxygen atoms in total. The van der Waals surface area contributed by atoms with Crippen molar-refractivity contribution in [3.05, 3.63) is 29.6 Å². The van der Waals surface area contributed by atoms with Crippen LogP contribution in [0.15, 0.2) is 18.2 Å². The lowest BCUT2D eigenvalue weighted by Crippen LogP contribution is -2.27. The summed E-state index contributed by atoms with van der Waals surface area (Å²) in [5.41, 5.74) is 7.16. The molecule has 0 aliphatic rings. The number of nitriles is 1. The summed E-state index contributed by atoms with van der Waals surface area (Å²) in [6, 6.07) is 6.77. The van der Waals surface area contributed by atoms with Crippen molar-refractivity contribution in [3.8, 4) is 6.07 Å². The van der Waals surface area contributed by atoms with Crippen LogP contribution in [0.5, 0.6) is 0 Å². The molecule has 0 radical (unpaired) electrons. The standard InChI is InChI=1S/C13H18FN3/c1-3-17(9-5-8-15)13-11(10(2)16)6-4-7-12(13)14/h4,6-7,10H,3,5,9,16H2,1-2H3/t10-/m1/s1. The van der Waals surface area contributed by atoms with Crippen LogP contribution in [-0.4, -0.2) is 13.1 Å². The molecule has 0 amide bonds. The average molecular weight is 235 g/mol. The van der Waals surface area contributed by atoms with Crippen molar-refractivity contribution in [2.45, 2.75) is 26.3 Å². The van der Waals surface area contributed by atoms with E-state index in [1.54, 1.807) is 6.07 Å². The van der Waals surface area contributed by atoms with Crippen molar-refractivity contribution in [2.24, 2.45) is 5.73 Å². The molecule has 0 spiro atoms. The first kappa shape index (κ1) is 13.5. The third-order valence-corrected chi connectivity index (χ3v) is 2.70. The molecule has 1 aromatic carbocycles. The van der Waals surface area contributed by atoms with E-state index in [4.69, 9.17) is 11.0 Å². The third-order valence-electron chi connectivity index (χ3n) is 2.70. The van der Waals surface area contributed by atoms with E-state index in [1.807, 2.05) is 24.8 Å². The van der Waals surface area contributed by atoms with E-state index in [1.165, 1.54) is 6.07 Å². The Morgan fingerprint density at radius 2 is 2.24 bits per heavy atom. The number of rotatable bonds is 5. The van der Waals surface area contributed by atoms with Gasteiger partial charge >= 0.3 is 0 Å². The van der Waals surface area contributed by atoms with Gasteiger partial charge in [0.15, 0.2) is 0 Å². The lowest BCUT2D eigenvalue weighted by Gasteiger charge is -2.26. The van der Waals surface area contributed by atoms with E-state index in [9.17, 15) is 4.39 Å². The number of hydrogen-bond donors (Lipinski definition) is 1. The van der Waals surface area contributed by atoms with Crippen LogP contribution in [0.25, 0.3) is 0 Å². The summed E-state index contributed by atoms with van der Waals surface area (Å²) in [6.07, 6.45) is 0.376. The van der Waals surface area contributed by atoms with E-state index in [0.29, 0.717) is 25.2 Å². The minimum atomic E-state index is -0.278. The molecule has 0 heterocycles. The highest BCUT2D eigenvalue weighted by Crippen LogP contribution is 2.28. The van der Waals surface area contributed by atoms with Crippen molar-refractivity contribution >= 4 is 5.69 Å². The zero-order chi connectivity index (χ0) is 12.8. The molecule has 1 rings (SSSR count). The topological polar surface area (TPSA) is 53.0 Å². The SMILES string of the molecule is CCN(CCC#N)c1c(F)cccc1[C@@H](C)N. The fourth-order valence-corrected chi connectivity index (χ4v) is 1.85. The lowest BCUT2D eigenvalue weighted by atomic mass is 10.1. The highest BCUT2D eigenvalue weighted by Gasteiger charge is 2.16. The molecule has 1 atom stereocenters. The average Bonchev–Trinajstić information content (AvgIpc) is 2.31. The molecule has 0 saturated carbocycles. The Morgan fingerprint density at radius 3 is 2.76 bits per heavy atom. The normalized spacial score (nSPS) is 11.9. The second-order valence-corrected chi connectivity index (χ2v) is 3.95. The Bertz CT molecular complexity index is 410. The molecule has 0 saturated heterocycles. The molecule has 0 aromatic heterocycles. The molecular weight excluding hydrogens is 217 g/mol. The van der Waals surface area contributed by atoms with Gasteiger partial charge in [-0.25, -0.2) is 4.39 Å². The fourth-order valence-electron chi connectivity index (χ4n) is 1.85. The van der Waals surface area contributed by atoms with E-state index in [-0.39, 0.29) is 11.9 Å². The zero-order valence-electron chi connectivity index (χ0n) is 10.3. The highest BCUT2D eigenvalue weighted by molar-refractivity contribution is 5.56. The number of benzene rings is 1. The molecule has 0 aliphatic heterocycles. The van der Waals surface area contributed by atoms with Gasteiger partial charge in [-0.2, -0.15) is 5.26 Å². The summed E-state index contributed by atoms with van der Waals surface area (Å²) in [5, 5.41) is 8.61. The van der Waals surface area contributed by atoms with Crippen molar-refractivity contribution < 1.29 is 4.39 Å². The number of hydrogen-bond acceptors (Lipinski definition) is 3. The maximum atomic E-state index is 13.9. The lowest BCUT2D eigenvalue weighted by molar-refractivity contribution is 0.612. The molecular formula is C13H18FN3. The van der Waals surface area contributed by atoms with Gasteiger partial charge in [0.2, 0.25) is 0 Å². The highest BCUT2D eigenvalue weighted by atomic mass is 19.1. The minimum Gasteiger partial charge on any atom is -0.368 e. The summed E-state index contributed by atoms with van der Waals surface area (Å²) >= 11 is 0. The predicted molar refractivity (Wildman–Crippen MR) is 67.1 cm³/mol. The molecule has 2 N–H and O–H groups in total. The number of para-hydroxylation sites is 1. The van der Waals surface area contributed by atoms with Crippen LogP contribution in [0.3, 0.4) is 0 Å². The molecule has 0 fully saturated rings. The van der Waals surface area contributed by atoms with Gasteiger partial charge in [-0.05, 0) is 25.5 Å². The maximum Gasteiger partial charge on any atom is 0.146 e. The van der Waals surface area contributed by atoms with Crippen LogP contribution in [-0.2, 0) is 0 Å². The van der Waals surface area contributed by atoms with Crippen molar-refractivity contribution in [1.82, 2.24) is 0 Å². The first-order valence-electron chi connectivity index (χ1n) is 5.77. The van der Waals surface area contributed by atoms with Gasteiger partial charge in [-0.1, -0.05) is 12.1 Å². The van der Waals surface area contributed by atoms with E-state index in [0.717, 1.165) is 5.56 Å². The molecule has 4 heteroatoms. The summed E-state index contributed by atoms with van der Waals surface area (Å²) < 4.78 is 13.9. The number of anilines is 1. The van der Waals surface area contributed by atoms with Gasteiger partial charge in [0.1, 0.15) is 5.82 Å². The van der Waals surface area contributed by atoms with Gasteiger partial charge in [0.05, 0.1) is 18.2 Å². The van der Waals surface area contributed by atoms with E-state index in [2.05, 4.69) is 6.07 Å². The van der Waals surface area contributed by atoms with E-state index >= 15 is 0 Å². The third kappa shape index (κ3) is 3.18. The molecule has 0 unspecified atom stereocenters. The summed E-state index contributed by atoms with van der Waals surface area (Å²) in [6.45, 7) is 4.95. The Labute approximate surface area is 102 Å². The Hall–Kier alpha value is -1.60. The second-order valence-electron chi connectivity index (χ2n) is 3.95. The van der Waals surface area contributed by atoms with Crippen molar-refractivity contribution in [2.75, 3.05) is 18.0 Å². The molecule has 1 aromatic rings. The van der Waals surface area contributed by atoms with Crippen molar-refractivity contribution in [3.63, 3.8) is 0 Å². The summed E-state index contributed by atoms with van der Waals surface area (Å²) in [4.78, 5) is 1.86. The van der Waals surface area contributed by atoms with Crippen molar-refractivity contribution in [1.29, 1.82) is 5.26 Å². The number of nitrogens with two attached hydrogens (primary N) is 1. The van der Waals surface area contributed by atoms with Crippen LogP contribution in [0.2, 0.25) is 0 Å². The largest absolute Gasteiger partial charge is 0.368 e. The van der Waals surface area contributed by atoms with Crippen LogP contribution < -0.4 is 10.6 Å². The van der Waals surface area contributed by atoms with Crippen LogP contribution >= 0.6 is 0 Å². The minimum absolute atomic E-state index is 0.225. The fraction of sp³-hybridized carbons (Fsp3) is 0.462. The Morgan fingerprint density at radius 1 is 1.53 bits per heavy atom. The summed E-state index contributed by atoms with van der Waals surface area (Å²) in [5.74, 6) is -0.278. The number of halogens is 1. The first-order chi connectivity index (χ1) is 8.11. The predicted octanol–water partition coefficient (Wildman–Crippen LogP) is 2.59.